The van der Waals surface area contributed by atoms with Crippen LogP contribution < -0.4 is 10.6 Å². The Labute approximate surface area is 140 Å². The maximum absolute atomic E-state index is 12.6. The van der Waals surface area contributed by atoms with E-state index >= 15 is 0 Å². The van der Waals surface area contributed by atoms with E-state index in [1.807, 2.05) is 22.9 Å². The summed E-state index contributed by atoms with van der Waals surface area (Å²) < 4.78 is 0.788. The third-order valence-electron chi connectivity index (χ3n) is 3.05. The van der Waals surface area contributed by atoms with Crippen LogP contribution in [0.15, 0.2) is 29.0 Å². The SMILES string of the molecule is CC(=O)NCCNc1nc(C(=O)c2cccs2)c2sccc2n1. The van der Waals surface area contributed by atoms with E-state index in [4.69, 9.17) is 0 Å². The minimum atomic E-state index is -0.0974. The fraction of sp³-hybridized carbons (Fsp3) is 0.200. The molecular formula is C15H14N4O2S2. The van der Waals surface area contributed by atoms with Gasteiger partial charge in [-0.05, 0) is 22.9 Å². The first-order valence-electron chi connectivity index (χ1n) is 6.97. The van der Waals surface area contributed by atoms with E-state index < -0.39 is 0 Å². The van der Waals surface area contributed by atoms with Crippen LogP contribution in [-0.4, -0.2) is 34.7 Å². The molecule has 3 aromatic rings. The van der Waals surface area contributed by atoms with Crippen LogP contribution in [-0.2, 0) is 4.79 Å². The third kappa shape index (κ3) is 3.54. The summed E-state index contributed by atoms with van der Waals surface area (Å²) in [7, 11) is 0. The van der Waals surface area contributed by atoms with Crippen molar-refractivity contribution in [2.75, 3.05) is 18.4 Å². The van der Waals surface area contributed by atoms with Gasteiger partial charge in [0, 0.05) is 20.0 Å². The highest BCUT2D eigenvalue weighted by Gasteiger charge is 2.18. The maximum atomic E-state index is 12.6. The molecule has 8 heteroatoms. The van der Waals surface area contributed by atoms with Crippen molar-refractivity contribution in [2.24, 2.45) is 0 Å². The van der Waals surface area contributed by atoms with Gasteiger partial charge in [0.1, 0.15) is 5.69 Å². The molecule has 0 aliphatic carbocycles. The Morgan fingerprint density at radius 1 is 1.13 bits per heavy atom. The topological polar surface area (TPSA) is 84.0 Å². The number of carbonyl (C=O) groups is 2. The van der Waals surface area contributed by atoms with Crippen molar-refractivity contribution < 1.29 is 9.59 Å². The van der Waals surface area contributed by atoms with Crippen molar-refractivity contribution >= 4 is 50.5 Å². The summed E-state index contributed by atoms with van der Waals surface area (Å²) in [5.41, 5.74) is 1.15. The Morgan fingerprint density at radius 2 is 2.00 bits per heavy atom. The molecule has 0 spiro atoms. The van der Waals surface area contributed by atoms with Crippen LogP contribution in [0.3, 0.4) is 0 Å². The normalized spacial score (nSPS) is 10.7. The van der Waals surface area contributed by atoms with E-state index in [-0.39, 0.29) is 11.7 Å². The average molecular weight is 346 g/mol. The summed E-state index contributed by atoms with van der Waals surface area (Å²) in [6.07, 6.45) is 0. The van der Waals surface area contributed by atoms with E-state index in [0.717, 1.165) is 10.2 Å². The molecule has 0 saturated heterocycles. The molecule has 3 heterocycles. The molecule has 0 unspecified atom stereocenters. The van der Waals surface area contributed by atoms with Gasteiger partial charge in [-0.1, -0.05) is 6.07 Å². The van der Waals surface area contributed by atoms with Gasteiger partial charge in [-0.2, -0.15) is 0 Å². The van der Waals surface area contributed by atoms with Gasteiger partial charge in [-0.15, -0.1) is 22.7 Å². The zero-order valence-electron chi connectivity index (χ0n) is 12.3. The van der Waals surface area contributed by atoms with E-state index in [1.54, 1.807) is 6.07 Å². The predicted octanol–water partition coefficient (Wildman–Crippen LogP) is 2.53. The lowest BCUT2D eigenvalue weighted by Crippen LogP contribution is -2.26. The summed E-state index contributed by atoms with van der Waals surface area (Å²) in [5.74, 6) is 0.204. The third-order valence-corrected chi connectivity index (χ3v) is 4.82. The van der Waals surface area contributed by atoms with Gasteiger partial charge in [0.15, 0.2) is 0 Å². The van der Waals surface area contributed by atoms with Crippen LogP contribution in [0.1, 0.15) is 22.3 Å². The summed E-state index contributed by atoms with van der Waals surface area (Å²) in [6.45, 7) is 2.42. The first-order chi connectivity index (χ1) is 11.1. The lowest BCUT2D eigenvalue weighted by molar-refractivity contribution is -0.118. The molecule has 3 aromatic heterocycles. The zero-order valence-corrected chi connectivity index (χ0v) is 14.0. The molecule has 0 aromatic carbocycles. The van der Waals surface area contributed by atoms with Crippen LogP contribution >= 0.6 is 22.7 Å². The molecule has 3 rings (SSSR count). The van der Waals surface area contributed by atoms with Crippen molar-refractivity contribution in [2.45, 2.75) is 6.92 Å². The number of nitrogens with zero attached hydrogens (tertiary/aromatic N) is 2. The molecule has 23 heavy (non-hydrogen) atoms. The number of thiophene rings is 2. The Kier molecular flexibility index (Phi) is 4.63. The van der Waals surface area contributed by atoms with Crippen LogP contribution in [0.5, 0.6) is 0 Å². The quantitative estimate of drug-likeness (QED) is 0.529. The van der Waals surface area contributed by atoms with Crippen molar-refractivity contribution in [3.63, 3.8) is 0 Å². The predicted molar refractivity (Wildman–Crippen MR) is 92.3 cm³/mol. The molecule has 0 atom stereocenters. The van der Waals surface area contributed by atoms with Crippen molar-refractivity contribution in [1.29, 1.82) is 0 Å². The molecule has 0 saturated carbocycles. The Balaban J connectivity index is 1.86. The van der Waals surface area contributed by atoms with Gasteiger partial charge in [-0.25, -0.2) is 9.97 Å². The zero-order chi connectivity index (χ0) is 16.2. The van der Waals surface area contributed by atoms with E-state index in [0.29, 0.717) is 29.6 Å². The lowest BCUT2D eigenvalue weighted by Gasteiger charge is -2.07. The molecule has 0 aliphatic rings. The number of anilines is 1. The Hall–Kier alpha value is -2.32. The van der Waals surface area contributed by atoms with Gasteiger partial charge in [-0.3, -0.25) is 9.59 Å². The second-order valence-electron chi connectivity index (χ2n) is 4.75. The number of ketones is 1. The highest BCUT2D eigenvalue weighted by molar-refractivity contribution is 7.17. The van der Waals surface area contributed by atoms with Crippen LogP contribution in [0.4, 0.5) is 5.95 Å². The largest absolute Gasteiger partial charge is 0.355 e. The van der Waals surface area contributed by atoms with Gasteiger partial charge in [0.2, 0.25) is 17.6 Å². The highest BCUT2D eigenvalue weighted by atomic mass is 32.1. The molecule has 0 fully saturated rings. The number of amides is 1. The van der Waals surface area contributed by atoms with Crippen LogP contribution in [0.25, 0.3) is 10.2 Å². The molecule has 6 nitrogen and oxygen atoms in total. The van der Waals surface area contributed by atoms with Crippen molar-refractivity contribution in [3.05, 3.63) is 39.5 Å². The molecule has 0 aliphatic heterocycles. The van der Waals surface area contributed by atoms with Gasteiger partial charge < -0.3 is 10.6 Å². The molecule has 0 bridgehead atoms. The summed E-state index contributed by atoms with van der Waals surface area (Å²) in [4.78, 5) is 32.9. The molecule has 0 radical (unpaired) electrons. The van der Waals surface area contributed by atoms with E-state index in [9.17, 15) is 9.59 Å². The van der Waals surface area contributed by atoms with Crippen molar-refractivity contribution in [3.8, 4) is 0 Å². The van der Waals surface area contributed by atoms with Crippen LogP contribution in [0, 0.1) is 0 Å². The van der Waals surface area contributed by atoms with Crippen LogP contribution in [0.2, 0.25) is 0 Å². The van der Waals surface area contributed by atoms with Gasteiger partial charge in [0.25, 0.3) is 0 Å². The van der Waals surface area contributed by atoms with Gasteiger partial charge >= 0.3 is 0 Å². The van der Waals surface area contributed by atoms with E-state index in [1.165, 1.54) is 29.6 Å². The summed E-state index contributed by atoms with van der Waals surface area (Å²) in [5, 5.41) is 9.49. The number of rotatable bonds is 6. The smallest absolute Gasteiger partial charge is 0.224 e. The fourth-order valence-corrected chi connectivity index (χ4v) is 3.52. The number of aromatic nitrogens is 2. The monoisotopic (exact) mass is 346 g/mol. The number of hydrogen-bond donors (Lipinski definition) is 2. The molecule has 2 N–H and O–H groups in total. The molecular weight excluding hydrogens is 332 g/mol. The first-order valence-corrected chi connectivity index (χ1v) is 8.73. The molecule has 1 amide bonds. The van der Waals surface area contributed by atoms with Crippen molar-refractivity contribution in [1.82, 2.24) is 15.3 Å². The fourth-order valence-electron chi connectivity index (χ4n) is 2.03. The Morgan fingerprint density at radius 3 is 2.74 bits per heavy atom. The Bertz CT molecular complexity index is 842. The summed E-state index contributed by atoms with van der Waals surface area (Å²) in [6, 6.07) is 5.50. The second-order valence-corrected chi connectivity index (χ2v) is 6.61. The second kappa shape index (κ2) is 6.84. The minimum Gasteiger partial charge on any atom is -0.355 e. The molecule has 118 valence electrons. The lowest BCUT2D eigenvalue weighted by atomic mass is 10.2. The maximum Gasteiger partial charge on any atom is 0.224 e. The average Bonchev–Trinajstić information content (AvgIpc) is 3.20. The minimum absolute atomic E-state index is 0.0884. The number of fused-ring (bicyclic) bond motifs is 1. The first kappa shape index (κ1) is 15.6. The standard InChI is InChI=1S/C15H14N4O2S2/c1-9(20)16-5-6-17-15-18-10-4-8-23-14(10)12(19-15)13(21)11-3-2-7-22-11/h2-4,7-8H,5-6H2,1H3,(H,16,20)(H,17,18,19). The highest BCUT2D eigenvalue weighted by Crippen LogP contribution is 2.26. The number of hydrogen-bond acceptors (Lipinski definition) is 7. The summed E-state index contributed by atoms with van der Waals surface area (Å²) >= 11 is 2.85. The van der Waals surface area contributed by atoms with E-state index in [2.05, 4.69) is 20.6 Å². The van der Waals surface area contributed by atoms with Gasteiger partial charge in [0.05, 0.1) is 15.1 Å². The number of carbonyl (C=O) groups excluding carboxylic acids is 2. The number of nitrogens with one attached hydrogen (secondary N) is 2.